The summed E-state index contributed by atoms with van der Waals surface area (Å²) in [6.07, 6.45) is 7.15. The van der Waals surface area contributed by atoms with Gasteiger partial charge in [-0.25, -0.2) is 0 Å². The van der Waals surface area contributed by atoms with Crippen molar-refractivity contribution in [2.24, 2.45) is 13.0 Å². The first-order valence-electron chi connectivity index (χ1n) is 8.77. The number of hydrogen-bond donors (Lipinski definition) is 0. The van der Waals surface area contributed by atoms with E-state index in [1.54, 1.807) is 0 Å². The van der Waals surface area contributed by atoms with Crippen molar-refractivity contribution in [2.75, 3.05) is 26.2 Å². The van der Waals surface area contributed by atoms with E-state index in [0.29, 0.717) is 11.8 Å². The summed E-state index contributed by atoms with van der Waals surface area (Å²) in [6.45, 7) is 4.78. The second-order valence-corrected chi connectivity index (χ2v) is 7.08. The molecule has 3 aliphatic rings. The van der Waals surface area contributed by atoms with Gasteiger partial charge in [-0.05, 0) is 44.1 Å². The molecule has 0 atom stereocenters. The fourth-order valence-corrected chi connectivity index (χ4v) is 3.87. The van der Waals surface area contributed by atoms with Crippen LogP contribution in [0, 0.1) is 5.92 Å². The lowest BCUT2D eigenvalue weighted by Gasteiger charge is -2.35. The number of rotatable bonds is 3. The number of aryl methyl sites for hydroxylation is 2. The van der Waals surface area contributed by atoms with E-state index in [4.69, 9.17) is 5.10 Å². The first-order valence-corrected chi connectivity index (χ1v) is 8.77. The second-order valence-electron chi connectivity index (χ2n) is 7.08. The van der Waals surface area contributed by atoms with Gasteiger partial charge in [0.15, 0.2) is 0 Å². The van der Waals surface area contributed by atoms with Gasteiger partial charge in [0.1, 0.15) is 0 Å². The van der Waals surface area contributed by atoms with Crippen LogP contribution in [0.5, 0.6) is 0 Å². The van der Waals surface area contributed by atoms with Crippen LogP contribution in [0.3, 0.4) is 0 Å². The Kier molecular flexibility index (Phi) is 3.68. The van der Waals surface area contributed by atoms with Gasteiger partial charge in [-0.2, -0.15) is 5.10 Å². The summed E-state index contributed by atoms with van der Waals surface area (Å²) >= 11 is 0. The molecule has 120 valence electrons. The molecule has 1 aliphatic heterocycles. The molecule has 0 bridgehead atoms. The number of amides is 1. The molecule has 2 fully saturated rings. The molecule has 1 amide bonds. The molecule has 4 rings (SSSR count). The van der Waals surface area contributed by atoms with Crippen LogP contribution in [0.4, 0.5) is 0 Å². The van der Waals surface area contributed by atoms with Gasteiger partial charge < -0.3 is 4.90 Å². The van der Waals surface area contributed by atoms with Gasteiger partial charge in [-0.3, -0.25) is 14.4 Å². The van der Waals surface area contributed by atoms with Crippen molar-refractivity contribution in [2.45, 2.75) is 45.1 Å². The number of hydrogen-bond acceptors (Lipinski definition) is 3. The van der Waals surface area contributed by atoms with Crippen molar-refractivity contribution in [3.8, 4) is 0 Å². The van der Waals surface area contributed by atoms with Crippen LogP contribution in [0.2, 0.25) is 0 Å². The Bertz CT molecular complexity index is 567. The van der Waals surface area contributed by atoms with Gasteiger partial charge in [0.25, 0.3) is 0 Å². The van der Waals surface area contributed by atoms with Crippen molar-refractivity contribution < 1.29 is 4.79 Å². The summed E-state index contributed by atoms with van der Waals surface area (Å²) in [5.74, 6) is 0.758. The second kappa shape index (κ2) is 5.69. The predicted molar refractivity (Wildman–Crippen MR) is 84.4 cm³/mol. The topological polar surface area (TPSA) is 41.4 Å². The minimum Gasteiger partial charge on any atom is -0.340 e. The molecule has 0 aromatic carbocycles. The third-order valence-corrected chi connectivity index (χ3v) is 5.43. The Hall–Kier alpha value is -1.36. The number of carbonyl (C=O) groups is 1. The quantitative estimate of drug-likeness (QED) is 0.846. The van der Waals surface area contributed by atoms with E-state index in [2.05, 4.69) is 21.5 Å². The summed E-state index contributed by atoms with van der Waals surface area (Å²) < 4.78 is 2.09. The Morgan fingerprint density at radius 2 is 1.86 bits per heavy atom. The number of fused-ring (bicyclic) bond motifs is 1. The fourth-order valence-electron chi connectivity index (χ4n) is 3.87. The maximum absolute atomic E-state index is 12.1. The smallest absolute Gasteiger partial charge is 0.225 e. The summed E-state index contributed by atoms with van der Waals surface area (Å²) in [7, 11) is 2.08. The molecule has 0 N–H and O–H groups in total. The molecule has 2 heterocycles. The van der Waals surface area contributed by atoms with Gasteiger partial charge in [0, 0.05) is 45.7 Å². The molecule has 0 radical (unpaired) electrons. The van der Waals surface area contributed by atoms with Crippen molar-refractivity contribution >= 4 is 5.91 Å². The van der Waals surface area contributed by atoms with Crippen LogP contribution >= 0.6 is 0 Å². The highest BCUT2D eigenvalue weighted by Gasteiger charge is 2.34. The van der Waals surface area contributed by atoms with E-state index in [1.165, 1.54) is 36.2 Å². The normalized spacial score (nSPS) is 22.7. The van der Waals surface area contributed by atoms with Gasteiger partial charge in [0.05, 0.1) is 11.4 Å². The van der Waals surface area contributed by atoms with E-state index in [1.807, 2.05) is 0 Å². The zero-order valence-electron chi connectivity index (χ0n) is 13.6. The third-order valence-electron chi connectivity index (χ3n) is 5.43. The number of carbonyl (C=O) groups excluding carboxylic acids is 1. The molecule has 1 aromatic rings. The number of aromatic nitrogens is 2. The zero-order valence-corrected chi connectivity index (χ0v) is 13.6. The average molecular weight is 302 g/mol. The van der Waals surface area contributed by atoms with Gasteiger partial charge in [0.2, 0.25) is 5.91 Å². The molecule has 5 nitrogen and oxygen atoms in total. The van der Waals surface area contributed by atoms with Crippen LogP contribution < -0.4 is 0 Å². The third kappa shape index (κ3) is 2.67. The maximum atomic E-state index is 12.1. The Balaban J connectivity index is 1.38. The number of piperazine rings is 1. The Morgan fingerprint density at radius 1 is 1.14 bits per heavy atom. The van der Waals surface area contributed by atoms with E-state index in [0.717, 1.165) is 52.0 Å². The summed E-state index contributed by atoms with van der Waals surface area (Å²) in [6, 6.07) is 0. The molecule has 0 unspecified atom stereocenters. The Morgan fingerprint density at radius 3 is 2.59 bits per heavy atom. The van der Waals surface area contributed by atoms with Gasteiger partial charge in [-0.1, -0.05) is 0 Å². The zero-order chi connectivity index (χ0) is 15.1. The van der Waals surface area contributed by atoms with Crippen molar-refractivity contribution in [1.29, 1.82) is 0 Å². The highest BCUT2D eigenvalue weighted by Crippen LogP contribution is 2.31. The van der Waals surface area contributed by atoms with E-state index in [9.17, 15) is 4.79 Å². The lowest BCUT2D eigenvalue weighted by Crippen LogP contribution is -2.49. The Labute approximate surface area is 132 Å². The first kappa shape index (κ1) is 14.2. The van der Waals surface area contributed by atoms with Crippen molar-refractivity contribution in [3.05, 3.63) is 17.0 Å². The highest BCUT2D eigenvalue weighted by atomic mass is 16.2. The molecule has 1 saturated carbocycles. The predicted octanol–water partition coefficient (Wildman–Crippen LogP) is 1.35. The van der Waals surface area contributed by atoms with Crippen LogP contribution in [0.15, 0.2) is 0 Å². The first-order chi connectivity index (χ1) is 10.7. The summed E-state index contributed by atoms with van der Waals surface area (Å²) in [5, 5.41) is 4.72. The minimum absolute atomic E-state index is 0.357. The van der Waals surface area contributed by atoms with Crippen LogP contribution in [-0.4, -0.2) is 51.7 Å². The largest absolute Gasteiger partial charge is 0.340 e. The van der Waals surface area contributed by atoms with E-state index < -0.39 is 0 Å². The van der Waals surface area contributed by atoms with Crippen molar-refractivity contribution in [3.63, 3.8) is 0 Å². The van der Waals surface area contributed by atoms with Crippen molar-refractivity contribution in [1.82, 2.24) is 19.6 Å². The highest BCUT2D eigenvalue weighted by molar-refractivity contribution is 5.81. The van der Waals surface area contributed by atoms with E-state index >= 15 is 0 Å². The number of nitrogens with zero attached hydrogens (tertiary/aromatic N) is 4. The molecule has 1 saturated heterocycles. The summed E-state index contributed by atoms with van der Waals surface area (Å²) in [4.78, 5) is 16.7. The van der Waals surface area contributed by atoms with E-state index in [-0.39, 0.29) is 0 Å². The summed E-state index contributed by atoms with van der Waals surface area (Å²) in [5.41, 5.74) is 4.23. The molecular weight excluding hydrogens is 276 g/mol. The standard InChI is InChI=1S/C17H26N4O/c1-19-16(14-4-2-3-5-15(14)18-19)12-20-8-10-21(11-9-20)17(22)13-6-7-13/h13H,2-12H2,1H3. The lowest BCUT2D eigenvalue weighted by molar-refractivity contribution is -0.134. The fraction of sp³-hybridized carbons (Fsp3) is 0.765. The molecule has 2 aliphatic carbocycles. The van der Waals surface area contributed by atoms with Crippen LogP contribution in [-0.2, 0) is 31.2 Å². The maximum Gasteiger partial charge on any atom is 0.225 e. The SMILES string of the molecule is Cn1nc2c(c1CN1CCN(C(=O)C3CC3)CC1)CCCC2. The molecule has 0 spiro atoms. The monoisotopic (exact) mass is 302 g/mol. The molecule has 5 heteroatoms. The minimum atomic E-state index is 0.357. The molecule has 1 aromatic heterocycles. The lowest BCUT2D eigenvalue weighted by atomic mass is 9.95. The van der Waals surface area contributed by atoms with Gasteiger partial charge >= 0.3 is 0 Å². The van der Waals surface area contributed by atoms with Gasteiger partial charge in [-0.15, -0.1) is 0 Å². The van der Waals surface area contributed by atoms with Crippen LogP contribution in [0.25, 0.3) is 0 Å². The molecule has 22 heavy (non-hydrogen) atoms. The average Bonchev–Trinajstić information content (AvgIpc) is 3.34. The molecular formula is C17H26N4O. The van der Waals surface area contributed by atoms with Crippen LogP contribution in [0.1, 0.15) is 42.6 Å².